The van der Waals surface area contributed by atoms with Crippen molar-refractivity contribution in [3.05, 3.63) is 62.8 Å². The van der Waals surface area contributed by atoms with Crippen molar-refractivity contribution in [2.24, 2.45) is 5.73 Å². The Bertz CT molecular complexity index is 609. The van der Waals surface area contributed by atoms with Gasteiger partial charge >= 0.3 is 0 Å². The molecule has 1 aromatic heterocycles. The molecule has 0 radical (unpaired) electrons. The van der Waals surface area contributed by atoms with Crippen LogP contribution in [0.1, 0.15) is 41.6 Å². The van der Waals surface area contributed by atoms with E-state index >= 15 is 0 Å². The molecule has 2 aromatic rings. The highest BCUT2D eigenvalue weighted by molar-refractivity contribution is 9.10. The van der Waals surface area contributed by atoms with E-state index in [4.69, 9.17) is 17.3 Å². The Kier molecular flexibility index (Phi) is 4.11. The Morgan fingerprint density at radius 1 is 1.35 bits per heavy atom. The fraction of sp³-hybridized carbons (Fsp3) is 0.312. The van der Waals surface area contributed by atoms with Gasteiger partial charge in [0, 0.05) is 33.3 Å². The van der Waals surface area contributed by atoms with E-state index in [9.17, 15) is 0 Å². The molecule has 2 unspecified atom stereocenters. The summed E-state index contributed by atoms with van der Waals surface area (Å²) in [5.74, 6) is 0.269. The second-order valence-electron chi connectivity index (χ2n) is 5.28. The van der Waals surface area contributed by atoms with E-state index < -0.39 is 0 Å². The second-order valence-corrected chi connectivity index (χ2v) is 6.63. The predicted molar refractivity (Wildman–Crippen MR) is 86.0 cm³/mol. The Morgan fingerprint density at radius 3 is 3.00 bits per heavy atom. The fourth-order valence-electron chi connectivity index (χ4n) is 2.99. The summed E-state index contributed by atoms with van der Waals surface area (Å²) in [5, 5.41) is 0.710. The molecule has 0 bridgehead atoms. The first-order valence-corrected chi connectivity index (χ1v) is 7.97. The first-order valence-electron chi connectivity index (χ1n) is 6.80. The zero-order chi connectivity index (χ0) is 14.1. The maximum Gasteiger partial charge on any atom is 0.0485 e. The van der Waals surface area contributed by atoms with E-state index in [1.54, 1.807) is 0 Å². The highest BCUT2D eigenvalue weighted by Gasteiger charge is 2.28. The normalized spacial score (nSPS) is 19.4. The van der Waals surface area contributed by atoms with Crippen molar-refractivity contribution >= 4 is 27.5 Å². The second kappa shape index (κ2) is 5.84. The van der Waals surface area contributed by atoms with E-state index in [-0.39, 0.29) is 12.0 Å². The number of hydrogen-bond acceptors (Lipinski definition) is 2. The monoisotopic (exact) mass is 350 g/mol. The average molecular weight is 352 g/mol. The number of aryl methyl sites for hydroxylation is 1. The van der Waals surface area contributed by atoms with Crippen molar-refractivity contribution < 1.29 is 0 Å². The quantitative estimate of drug-likeness (QED) is 0.857. The van der Waals surface area contributed by atoms with Crippen molar-refractivity contribution in [2.45, 2.75) is 31.2 Å². The highest BCUT2D eigenvalue weighted by atomic mass is 79.9. The minimum atomic E-state index is -0.0704. The molecule has 4 heteroatoms. The first kappa shape index (κ1) is 14.1. The molecule has 0 saturated carbocycles. The van der Waals surface area contributed by atoms with Crippen molar-refractivity contribution in [1.29, 1.82) is 0 Å². The lowest BCUT2D eigenvalue weighted by Gasteiger charge is -2.29. The summed E-state index contributed by atoms with van der Waals surface area (Å²) in [6.45, 7) is 0. The summed E-state index contributed by atoms with van der Waals surface area (Å²) in [6, 6.07) is 9.98. The Hall–Kier alpha value is -0.900. The smallest absolute Gasteiger partial charge is 0.0485 e. The predicted octanol–water partition coefficient (Wildman–Crippen LogP) is 4.62. The maximum absolute atomic E-state index is 6.50. The topological polar surface area (TPSA) is 38.9 Å². The molecule has 0 fully saturated rings. The molecular formula is C16H16BrClN2. The van der Waals surface area contributed by atoms with Gasteiger partial charge in [-0.15, -0.1) is 0 Å². The molecule has 1 aliphatic carbocycles. The van der Waals surface area contributed by atoms with E-state index in [1.165, 1.54) is 12.0 Å². The number of aromatic nitrogens is 1. The van der Waals surface area contributed by atoms with Gasteiger partial charge in [-0.1, -0.05) is 33.6 Å². The number of fused-ring (bicyclic) bond motifs is 1. The molecule has 2 atom stereocenters. The summed E-state index contributed by atoms with van der Waals surface area (Å²) in [6.07, 6.45) is 5.21. The van der Waals surface area contributed by atoms with Gasteiger partial charge in [-0.3, -0.25) is 4.98 Å². The molecule has 3 rings (SSSR count). The van der Waals surface area contributed by atoms with Crippen molar-refractivity contribution in [1.82, 2.24) is 4.98 Å². The molecular weight excluding hydrogens is 336 g/mol. The highest BCUT2D eigenvalue weighted by Crippen LogP contribution is 2.38. The third-order valence-electron chi connectivity index (χ3n) is 3.94. The number of pyridine rings is 1. The summed E-state index contributed by atoms with van der Waals surface area (Å²) in [4.78, 5) is 4.57. The number of hydrogen-bond donors (Lipinski definition) is 1. The maximum atomic E-state index is 6.50. The van der Waals surface area contributed by atoms with Crippen molar-refractivity contribution in [2.75, 3.05) is 0 Å². The van der Waals surface area contributed by atoms with Crippen LogP contribution in [-0.4, -0.2) is 4.98 Å². The van der Waals surface area contributed by atoms with Crippen LogP contribution in [0.15, 0.2) is 41.0 Å². The van der Waals surface area contributed by atoms with E-state index in [1.807, 2.05) is 30.5 Å². The van der Waals surface area contributed by atoms with Gasteiger partial charge in [-0.25, -0.2) is 0 Å². The molecule has 1 heterocycles. The van der Waals surface area contributed by atoms with Crippen LogP contribution < -0.4 is 5.73 Å². The molecule has 2 nitrogen and oxygen atoms in total. The number of benzene rings is 1. The third kappa shape index (κ3) is 2.76. The van der Waals surface area contributed by atoms with Gasteiger partial charge in [0.1, 0.15) is 0 Å². The van der Waals surface area contributed by atoms with Crippen LogP contribution in [0.5, 0.6) is 0 Å². The SMILES string of the molecule is NC(c1cc(Cl)cc(Br)c1)C1CCCc2cccnc21. The Morgan fingerprint density at radius 2 is 2.20 bits per heavy atom. The molecule has 1 aliphatic rings. The van der Waals surface area contributed by atoms with Gasteiger partial charge in [-0.2, -0.15) is 0 Å². The van der Waals surface area contributed by atoms with Gasteiger partial charge in [0.15, 0.2) is 0 Å². The van der Waals surface area contributed by atoms with E-state index in [0.717, 1.165) is 28.6 Å². The molecule has 0 amide bonds. The van der Waals surface area contributed by atoms with Gasteiger partial charge in [0.25, 0.3) is 0 Å². The lowest BCUT2D eigenvalue weighted by atomic mass is 9.80. The summed E-state index contributed by atoms with van der Waals surface area (Å²) >= 11 is 9.61. The van der Waals surface area contributed by atoms with Crippen LogP contribution in [-0.2, 0) is 6.42 Å². The van der Waals surface area contributed by atoms with Gasteiger partial charge in [0.05, 0.1) is 0 Å². The number of nitrogens with zero attached hydrogens (tertiary/aromatic N) is 1. The summed E-state index contributed by atoms with van der Waals surface area (Å²) in [7, 11) is 0. The molecule has 20 heavy (non-hydrogen) atoms. The van der Waals surface area contributed by atoms with E-state index in [2.05, 4.69) is 27.0 Å². The van der Waals surface area contributed by atoms with E-state index in [0.29, 0.717) is 5.02 Å². The number of nitrogens with two attached hydrogens (primary N) is 1. The summed E-state index contributed by atoms with van der Waals surface area (Å²) in [5.41, 5.74) is 10.1. The van der Waals surface area contributed by atoms with Crippen LogP contribution in [0.2, 0.25) is 5.02 Å². The molecule has 0 aliphatic heterocycles. The lowest BCUT2D eigenvalue weighted by Crippen LogP contribution is -2.24. The van der Waals surface area contributed by atoms with Crippen LogP contribution in [0.4, 0.5) is 0 Å². The minimum absolute atomic E-state index is 0.0704. The van der Waals surface area contributed by atoms with Crippen LogP contribution in [0.3, 0.4) is 0 Å². The lowest BCUT2D eigenvalue weighted by molar-refractivity contribution is 0.463. The molecule has 1 aromatic carbocycles. The number of rotatable bonds is 2. The van der Waals surface area contributed by atoms with Gasteiger partial charge in [-0.05, 0) is 54.7 Å². The minimum Gasteiger partial charge on any atom is -0.323 e. The van der Waals surface area contributed by atoms with Crippen molar-refractivity contribution in [3.8, 4) is 0 Å². The van der Waals surface area contributed by atoms with Crippen LogP contribution >= 0.6 is 27.5 Å². The molecule has 0 spiro atoms. The number of halogens is 2. The van der Waals surface area contributed by atoms with Crippen molar-refractivity contribution in [3.63, 3.8) is 0 Å². The average Bonchev–Trinajstić information content (AvgIpc) is 2.45. The Balaban J connectivity index is 1.97. The van der Waals surface area contributed by atoms with Gasteiger partial charge in [0.2, 0.25) is 0 Å². The molecule has 0 saturated heterocycles. The molecule has 2 N–H and O–H groups in total. The largest absolute Gasteiger partial charge is 0.323 e. The zero-order valence-corrected chi connectivity index (χ0v) is 13.4. The Labute approximate surface area is 132 Å². The molecule has 104 valence electrons. The summed E-state index contributed by atoms with van der Waals surface area (Å²) < 4.78 is 0.965. The first-order chi connectivity index (χ1) is 9.65. The fourth-order valence-corrected chi connectivity index (χ4v) is 3.88. The standard InChI is InChI=1S/C16H16BrClN2/c17-12-7-11(8-13(18)9-12)15(19)14-5-1-3-10-4-2-6-20-16(10)14/h2,4,6-9,14-15H,1,3,5,19H2. The zero-order valence-electron chi connectivity index (χ0n) is 11.0. The van der Waals surface area contributed by atoms with Crippen LogP contribution in [0.25, 0.3) is 0 Å². The third-order valence-corrected chi connectivity index (χ3v) is 4.62. The van der Waals surface area contributed by atoms with Crippen LogP contribution in [0, 0.1) is 0 Å². The van der Waals surface area contributed by atoms with Gasteiger partial charge < -0.3 is 5.73 Å².